The van der Waals surface area contributed by atoms with Crippen LogP contribution in [0, 0.1) is 6.92 Å². The number of carbonyl (C=O) groups is 1. The molecule has 0 fully saturated rings. The molecular formula is C20H28Cl2O4. The summed E-state index contributed by atoms with van der Waals surface area (Å²) in [5.74, 6) is 1.72. The predicted octanol–water partition coefficient (Wildman–Crippen LogP) is 5.41. The summed E-state index contributed by atoms with van der Waals surface area (Å²) in [6.45, 7) is 6.33. The first-order valence-electron chi connectivity index (χ1n) is 9.00. The van der Waals surface area contributed by atoms with Gasteiger partial charge in [-0.2, -0.15) is 0 Å². The maximum atomic E-state index is 10.2. The van der Waals surface area contributed by atoms with E-state index in [9.17, 15) is 4.79 Å². The minimum absolute atomic E-state index is 0.200. The smallest absolute Gasteiger partial charge is 0.125 e. The minimum atomic E-state index is 0.200. The van der Waals surface area contributed by atoms with Gasteiger partial charge in [-0.15, -0.1) is 0 Å². The number of rotatable bonds is 14. The molecule has 1 rings (SSSR count). The lowest BCUT2D eigenvalue weighted by molar-refractivity contribution is -0.108. The maximum Gasteiger partial charge on any atom is 0.125 e. The van der Waals surface area contributed by atoms with Crippen molar-refractivity contribution in [2.24, 2.45) is 0 Å². The van der Waals surface area contributed by atoms with Crippen LogP contribution in [0.25, 0.3) is 0 Å². The molecule has 4 nitrogen and oxygen atoms in total. The van der Waals surface area contributed by atoms with Crippen LogP contribution < -0.4 is 9.47 Å². The molecule has 26 heavy (non-hydrogen) atoms. The van der Waals surface area contributed by atoms with Gasteiger partial charge in [-0.25, -0.2) is 0 Å². The lowest BCUT2D eigenvalue weighted by Crippen LogP contribution is -2.04. The molecule has 0 spiro atoms. The monoisotopic (exact) mass is 402 g/mol. The molecule has 6 heteroatoms. The Balaban J connectivity index is 2.41. The van der Waals surface area contributed by atoms with Crippen molar-refractivity contribution >= 4 is 29.5 Å². The lowest BCUT2D eigenvalue weighted by atomic mass is 10.1. The standard InChI is InChI=1S/C20H28Cl2O4/c1-3-17-15-18(25-13-8-19(21)22)14-16(2)20(17)26-12-6-4-5-10-24-11-7-9-23/h8-9,14-15H,3-7,10-13H2,1-2H3. The second-order valence-corrected chi connectivity index (χ2v) is 6.87. The zero-order valence-electron chi connectivity index (χ0n) is 15.6. The van der Waals surface area contributed by atoms with Gasteiger partial charge in [0.15, 0.2) is 0 Å². The topological polar surface area (TPSA) is 44.8 Å². The van der Waals surface area contributed by atoms with Crippen molar-refractivity contribution in [1.82, 2.24) is 0 Å². The zero-order valence-corrected chi connectivity index (χ0v) is 17.1. The van der Waals surface area contributed by atoms with Crippen LogP contribution >= 0.6 is 23.2 Å². The average Bonchev–Trinajstić information content (AvgIpc) is 2.61. The van der Waals surface area contributed by atoms with Crippen LogP contribution in [0.15, 0.2) is 22.7 Å². The molecule has 0 amide bonds. The summed E-state index contributed by atoms with van der Waals surface area (Å²) in [4.78, 5) is 10.2. The normalized spacial score (nSPS) is 10.5. The Bertz CT molecular complexity index is 569. The van der Waals surface area contributed by atoms with E-state index in [4.69, 9.17) is 37.4 Å². The van der Waals surface area contributed by atoms with Crippen LogP contribution in [0.5, 0.6) is 11.5 Å². The van der Waals surface area contributed by atoms with Gasteiger partial charge in [0.2, 0.25) is 0 Å². The van der Waals surface area contributed by atoms with Crippen LogP contribution in [0.1, 0.15) is 43.7 Å². The number of hydrogen-bond donors (Lipinski definition) is 0. The summed E-state index contributed by atoms with van der Waals surface area (Å²) < 4.78 is 17.2. The maximum absolute atomic E-state index is 10.2. The molecule has 0 aromatic heterocycles. The number of unbranched alkanes of at least 4 members (excludes halogenated alkanes) is 2. The van der Waals surface area contributed by atoms with Crippen molar-refractivity contribution in [3.8, 4) is 11.5 Å². The molecule has 0 N–H and O–H groups in total. The highest BCUT2D eigenvalue weighted by molar-refractivity contribution is 6.55. The van der Waals surface area contributed by atoms with E-state index in [1.807, 2.05) is 19.1 Å². The van der Waals surface area contributed by atoms with Crippen molar-refractivity contribution in [3.05, 3.63) is 33.8 Å². The molecular weight excluding hydrogens is 375 g/mol. The summed E-state index contributed by atoms with van der Waals surface area (Å²) in [6.07, 6.45) is 6.80. The fourth-order valence-corrected chi connectivity index (χ4v) is 2.58. The molecule has 0 saturated heterocycles. The number of hydrogen-bond acceptors (Lipinski definition) is 4. The molecule has 0 heterocycles. The average molecular weight is 403 g/mol. The van der Waals surface area contributed by atoms with Gasteiger partial charge in [-0.3, -0.25) is 0 Å². The molecule has 1 aromatic rings. The van der Waals surface area contributed by atoms with E-state index in [0.29, 0.717) is 32.8 Å². The van der Waals surface area contributed by atoms with Crippen molar-refractivity contribution < 1.29 is 19.0 Å². The lowest BCUT2D eigenvalue weighted by Gasteiger charge is -2.15. The first kappa shape index (κ1) is 22.8. The van der Waals surface area contributed by atoms with Gasteiger partial charge in [0.05, 0.1) is 13.2 Å². The molecule has 0 aliphatic carbocycles. The van der Waals surface area contributed by atoms with E-state index in [1.54, 1.807) is 6.08 Å². The highest BCUT2D eigenvalue weighted by atomic mass is 35.5. The Labute approximate surface area is 166 Å². The number of ether oxygens (including phenoxy) is 3. The van der Waals surface area contributed by atoms with Gasteiger partial charge in [0.25, 0.3) is 0 Å². The highest BCUT2D eigenvalue weighted by Crippen LogP contribution is 2.30. The molecule has 0 atom stereocenters. The van der Waals surface area contributed by atoms with Crippen molar-refractivity contribution in [3.63, 3.8) is 0 Å². The second kappa shape index (κ2) is 13.9. The Morgan fingerprint density at radius 1 is 1.08 bits per heavy atom. The number of aldehydes is 1. The van der Waals surface area contributed by atoms with Gasteiger partial charge in [0, 0.05) is 13.0 Å². The molecule has 0 radical (unpaired) electrons. The second-order valence-electron chi connectivity index (χ2n) is 5.86. The van der Waals surface area contributed by atoms with Gasteiger partial charge in [-0.05, 0) is 61.9 Å². The number of carbonyl (C=O) groups excluding carboxylic acids is 1. The fraction of sp³-hybridized carbons (Fsp3) is 0.550. The first-order chi connectivity index (χ1) is 12.6. The molecule has 146 valence electrons. The van der Waals surface area contributed by atoms with Gasteiger partial charge < -0.3 is 19.0 Å². The number of halogens is 2. The van der Waals surface area contributed by atoms with Gasteiger partial charge in [-0.1, -0.05) is 30.1 Å². The first-order valence-corrected chi connectivity index (χ1v) is 9.75. The third-order valence-electron chi connectivity index (χ3n) is 3.75. The summed E-state index contributed by atoms with van der Waals surface area (Å²) in [5.41, 5.74) is 2.18. The molecule has 0 bridgehead atoms. The van der Waals surface area contributed by atoms with Crippen molar-refractivity contribution in [2.75, 3.05) is 26.4 Å². The number of aryl methyl sites for hydroxylation is 2. The quantitative estimate of drug-likeness (QED) is 0.308. The van der Waals surface area contributed by atoms with Gasteiger partial charge in [0.1, 0.15) is 28.9 Å². The largest absolute Gasteiger partial charge is 0.493 e. The Morgan fingerprint density at radius 2 is 1.85 bits per heavy atom. The highest BCUT2D eigenvalue weighted by Gasteiger charge is 2.09. The summed E-state index contributed by atoms with van der Waals surface area (Å²) >= 11 is 11.2. The third kappa shape index (κ3) is 9.46. The summed E-state index contributed by atoms with van der Waals surface area (Å²) in [6, 6.07) is 3.96. The number of benzene rings is 1. The summed E-state index contributed by atoms with van der Waals surface area (Å²) in [7, 11) is 0. The van der Waals surface area contributed by atoms with Crippen LogP contribution in [-0.2, 0) is 16.0 Å². The Hall–Kier alpha value is -1.23. The van der Waals surface area contributed by atoms with E-state index < -0.39 is 0 Å². The van der Waals surface area contributed by atoms with Crippen LogP contribution in [0.4, 0.5) is 0 Å². The van der Waals surface area contributed by atoms with E-state index in [-0.39, 0.29) is 4.49 Å². The molecule has 1 aromatic carbocycles. The Kier molecular flexibility index (Phi) is 12.2. The van der Waals surface area contributed by atoms with Crippen LogP contribution in [-0.4, -0.2) is 32.7 Å². The third-order valence-corrected chi connectivity index (χ3v) is 4.06. The van der Waals surface area contributed by atoms with E-state index in [0.717, 1.165) is 54.6 Å². The van der Waals surface area contributed by atoms with E-state index in [1.165, 1.54) is 0 Å². The minimum Gasteiger partial charge on any atom is -0.493 e. The molecule has 0 aliphatic heterocycles. The van der Waals surface area contributed by atoms with Crippen LogP contribution in [0.2, 0.25) is 0 Å². The van der Waals surface area contributed by atoms with E-state index >= 15 is 0 Å². The molecule has 0 unspecified atom stereocenters. The Morgan fingerprint density at radius 3 is 2.54 bits per heavy atom. The predicted molar refractivity (Wildman–Crippen MR) is 107 cm³/mol. The van der Waals surface area contributed by atoms with Crippen molar-refractivity contribution in [2.45, 2.75) is 46.0 Å². The SMILES string of the molecule is CCc1cc(OCC=C(Cl)Cl)cc(C)c1OCCCCCOCCC=O. The zero-order chi connectivity index (χ0) is 19.2. The molecule has 0 saturated carbocycles. The fourth-order valence-electron chi connectivity index (χ4n) is 2.46. The molecule has 0 aliphatic rings. The van der Waals surface area contributed by atoms with E-state index in [2.05, 4.69) is 6.92 Å². The van der Waals surface area contributed by atoms with Crippen molar-refractivity contribution in [1.29, 1.82) is 0 Å². The van der Waals surface area contributed by atoms with Crippen LogP contribution in [0.3, 0.4) is 0 Å². The van der Waals surface area contributed by atoms with Gasteiger partial charge >= 0.3 is 0 Å². The summed E-state index contributed by atoms with van der Waals surface area (Å²) in [5, 5.41) is 0.